The number of allylic oxidation sites excluding steroid dienone is 2. The fourth-order valence-corrected chi connectivity index (χ4v) is 2.97. The Morgan fingerprint density at radius 1 is 0.926 bits per heavy atom. The van der Waals surface area contributed by atoms with E-state index < -0.39 is 30.6 Å². The SMILES string of the molecule is CCOC(=O)C1=C(C)NC(C)=C(C(=O)OCOC(C)=O)C1c1ccccc1. The molecule has 1 N–H and O–H groups in total. The van der Waals surface area contributed by atoms with Crippen molar-refractivity contribution in [2.75, 3.05) is 13.4 Å². The van der Waals surface area contributed by atoms with E-state index in [1.165, 1.54) is 6.92 Å². The number of benzene rings is 1. The van der Waals surface area contributed by atoms with Crippen molar-refractivity contribution < 1.29 is 28.6 Å². The first-order valence-electron chi connectivity index (χ1n) is 8.57. The highest BCUT2D eigenvalue weighted by Gasteiger charge is 2.37. The van der Waals surface area contributed by atoms with Crippen molar-refractivity contribution in [2.45, 2.75) is 33.6 Å². The molecular weight excluding hydrogens is 350 g/mol. The van der Waals surface area contributed by atoms with Gasteiger partial charge in [-0.3, -0.25) is 4.79 Å². The molecule has 0 saturated carbocycles. The van der Waals surface area contributed by atoms with Crippen molar-refractivity contribution in [3.05, 3.63) is 58.4 Å². The van der Waals surface area contributed by atoms with Crippen molar-refractivity contribution in [1.29, 1.82) is 0 Å². The Balaban J connectivity index is 2.46. The molecule has 144 valence electrons. The summed E-state index contributed by atoms with van der Waals surface area (Å²) in [5, 5.41) is 3.05. The molecule has 0 radical (unpaired) electrons. The first kappa shape index (κ1) is 20.2. The van der Waals surface area contributed by atoms with Crippen LogP contribution in [0.4, 0.5) is 0 Å². The van der Waals surface area contributed by atoms with Gasteiger partial charge in [0.25, 0.3) is 0 Å². The normalized spacial score (nSPS) is 16.5. The fraction of sp³-hybridized carbons (Fsp3) is 0.350. The number of carbonyl (C=O) groups excluding carboxylic acids is 3. The number of rotatable bonds is 6. The average molecular weight is 373 g/mol. The van der Waals surface area contributed by atoms with Crippen molar-refractivity contribution in [2.24, 2.45) is 0 Å². The molecule has 0 aromatic heterocycles. The predicted molar refractivity (Wildman–Crippen MR) is 97.1 cm³/mol. The lowest BCUT2D eigenvalue weighted by Gasteiger charge is -2.30. The van der Waals surface area contributed by atoms with Crippen LogP contribution < -0.4 is 5.32 Å². The van der Waals surface area contributed by atoms with Gasteiger partial charge in [-0.2, -0.15) is 0 Å². The standard InChI is InChI=1S/C20H23NO6/c1-5-25-19(23)16-12(2)21-13(3)17(20(24)27-11-26-14(4)22)18(16)15-9-7-6-8-10-15/h6-10,18,21H,5,11H2,1-4H3. The third kappa shape index (κ3) is 4.75. The molecule has 27 heavy (non-hydrogen) atoms. The van der Waals surface area contributed by atoms with Gasteiger partial charge in [0.15, 0.2) is 0 Å². The minimum Gasteiger partial charge on any atom is -0.463 e. The molecule has 1 atom stereocenters. The third-order valence-corrected chi connectivity index (χ3v) is 4.06. The van der Waals surface area contributed by atoms with Gasteiger partial charge in [-0.1, -0.05) is 30.3 Å². The molecule has 0 fully saturated rings. The van der Waals surface area contributed by atoms with Crippen LogP contribution in [0.15, 0.2) is 52.9 Å². The smallest absolute Gasteiger partial charge is 0.339 e. The van der Waals surface area contributed by atoms with Gasteiger partial charge in [0.2, 0.25) is 6.79 Å². The zero-order valence-corrected chi connectivity index (χ0v) is 15.8. The van der Waals surface area contributed by atoms with E-state index in [1.54, 1.807) is 20.8 Å². The highest BCUT2D eigenvalue weighted by Crippen LogP contribution is 2.39. The Morgan fingerprint density at radius 2 is 1.48 bits per heavy atom. The predicted octanol–water partition coefficient (Wildman–Crippen LogP) is 2.55. The lowest BCUT2D eigenvalue weighted by molar-refractivity contribution is -0.163. The van der Waals surface area contributed by atoms with Crippen LogP contribution in [0.1, 0.15) is 39.2 Å². The molecule has 1 aliphatic heterocycles. The Hall–Kier alpha value is -3.09. The lowest BCUT2D eigenvalue weighted by Crippen LogP contribution is -2.32. The molecule has 0 aliphatic carbocycles. The van der Waals surface area contributed by atoms with Crippen LogP contribution in [-0.4, -0.2) is 31.3 Å². The molecule has 0 amide bonds. The van der Waals surface area contributed by atoms with Crippen LogP contribution >= 0.6 is 0 Å². The van der Waals surface area contributed by atoms with E-state index in [-0.39, 0.29) is 12.2 Å². The van der Waals surface area contributed by atoms with Gasteiger partial charge in [0.05, 0.1) is 23.7 Å². The Bertz CT molecular complexity index is 794. The number of nitrogens with one attached hydrogen (secondary N) is 1. The summed E-state index contributed by atoms with van der Waals surface area (Å²) in [7, 11) is 0. The van der Waals surface area contributed by atoms with Gasteiger partial charge >= 0.3 is 17.9 Å². The van der Waals surface area contributed by atoms with E-state index in [4.69, 9.17) is 9.47 Å². The molecule has 1 aromatic carbocycles. The minimum absolute atomic E-state index is 0.214. The monoisotopic (exact) mass is 373 g/mol. The van der Waals surface area contributed by atoms with Crippen LogP contribution in [0, 0.1) is 0 Å². The first-order chi connectivity index (χ1) is 12.9. The summed E-state index contributed by atoms with van der Waals surface area (Å²) in [5.41, 5.74) is 2.52. The minimum atomic E-state index is -0.676. The summed E-state index contributed by atoms with van der Waals surface area (Å²) < 4.78 is 15.0. The maximum atomic E-state index is 12.7. The average Bonchev–Trinajstić information content (AvgIpc) is 2.61. The van der Waals surface area contributed by atoms with E-state index in [0.29, 0.717) is 17.0 Å². The number of hydrogen-bond acceptors (Lipinski definition) is 7. The molecule has 7 nitrogen and oxygen atoms in total. The van der Waals surface area contributed by atoms with Crippen molar-refractivity contribution in [1.82, 2.24) is 5.32 Å². The van der Waals surface area contributed by atoms with Gasteiger partial charge in [-0.05, 0) is 26.3 Å². The summed E-state index contributed by atoms with van der Waals surface area (Å²) in [5.74, 6) is -2.40. The second-order valence-corrected chi connectivity index (χ2v) is 5.95. The second-order valence-electron chi connectivity index (χ2n) is 5.95. The molecule has 0 spiro atoms. The molecule has 0 bridgehead atoms. The second kappa shape index (κ2) is 9.02. The molecule has 0 saturated heterocycles. The molecule has 2 rings (SSSR count). The highest BCUT2D eigenvalue weighted by atomic mass is 16.7. The molecule has 1 heterocycles. The Labute approximate surface area is 158 Å². The topological polar surface area (TPSA) is 90.9 Å². The maximum absolute atomic E-state index is 12.7. The van der Waals surface area contributed by atoms with Crippen LogP contribution in [0.25, 0.3) is 0 Å². The van der Waals surface area contributed by atoms with Crippen LogP contribution in [0.3, 0.4) is 0 Å². The molecule has 1 aromatic rings. The van der Waals surface area contributed by atoms with Crippen molar-refractivity contribution >= 4 is 17.9 Å². The number of esters is 3. The van der Waals surface area contributed by atoms with Gasteiger partial charge < -0.3 is 19.5 Å². The van der Waals surface area contributed by atoms with E-state index in [1.807, 2.05) is 30.3 Å². The molecule has 1 unspecified atom stereocenters. The van der Waals surface area contributed by atoms with Gasteiger partial charge in [-0.15, -0.1) is 0 Å². The van der Waals surface area contributed by atoms with Gasteiger partial charge in [0, 0.05) is 18.3 Å². The summed E-state index contributed by atoms with van der Waals surface area (Å²) >= 11 is 0. The number of carbonyl (C=O) groups is 3. The van der Waals surface area contributed by atoms with Crippen molar-refractivity contribution in [3.63, 3.8) is 0 Å². The summed E-state index contributed by atoms with van der Waals surface area (Å²) in [6, 6.07) is 9.16. The number of hydrogen-bond donors (Lipinski definition) is 1. The third-order valence-electron chi connectivity index (χ3n) is 4.06. The molecule has 7 heteroatoms. The van der Waals surface area contributed by atoms with Gasteiger partial charge in [0.1, 0.15) is 0 Å². The Morgan fingerprint density at radius 3 is 2.00 bits per heavy atom. The van der Waals surface area contributed by atoms with Gasteiger partial charge in [-0.25, -0.2) is 9.59 Å². The van der Waals surface area contributed by atoms with E-state index in [9.17, 15) is 14.4 Å². The summed E-state index contributed by atoms with van der Waals surface area (Å²) in [4.78, 5) is 36.2. The lowest BCUT2D eigenvalue weighted by atomic mass is 9.80. The zero-order valence-electron chi connectivity index (χ0n) is 15.8. The van der Waals surface area contributed by atoms with Crippen molar-refractivity contribution in [3.8, 4) is 0 Å². The fourth-order valence-electron chi connectivity index (χ4n) is 2.97. The first-order valence-corrected chi connectivity index (χ1v) is 8.57. The quantitative estimate of drug-likeness (QED) is 0.605. The number of dihydropyridines is 1. The van der Waals surface area contributed by atoms with E-state index in [0.717, 1.165) is 5.56 Å². The van der Waals surface area contributed by atoms with Crippen LogP contribution in [0.2, 0.25) is 0 Å². The van der Waals surface area contributed by atoms with E-state index in [2.05, 4.69) is 10.1 Å². The maximum Gasteiger partial charge on any atom is 0.339 e. The largest absolute Gasteiger partial charge is 0.463 e. The summed E-state index contributed by atoms with van der Waals surface area (Å²) in [6.07, 6.45) is 0. The summed E-state index contributed by atoms with van der Waals surface area (Å²) in [6.45, 7) is 6.14. The Kier molecular flexibility index (Phi) is 6.76. The zero-order chi connectivity index (χ0) is 20.0. The highest BCUT2D eigenvalue weighted by molar-refractivity contribution is 5.99. The van der Waals surface area contributed by atoms with Crippen LogP contribution in [-0.2, 0) is 28.6 Å². The van der Waals surface area contributed by atoms with Crippen LogP contribution in [0.5, 0.6) is 0 Å². The number of ether oxygens (including phenoxy) is 3. The molecular formula is C20H23NO6. The molecule has 1 aliphatic rings. The van der Waals surface area contributed by atoms with E-state index >= 15 is 0 Å².